The lowest BCUT2D eigenvalue weighted by Crippen LogP contribution is -2.10. The number of rotatable bonds is 2. The Hall–Kier alpha value is -3.01. The normalized spacial score (nSPS) is 11.1. The van der Waals surface area contributed by atoms with E-state index in [0.29, 0.717) is 0 Å². The summed E-state index contributed by atoms with van der Waals surface area (Å²) in [5.74, 6) is 0.798. The molecule has 0 amide bonds. The van der Waals surface area contributed by atoms with E-state index in [0.717, 1.165) is 33.6 Å². The molecule has 2 heterocycles. The minimum atomic E-state index is -0.0410. The summed E-state index contributed by atoms with van der Waals surface area (Å²) in [6, 6.07) is 19.1. The van der Waals surface area contributed by atoms with E-state index < -0.39 is 0 Å². The number of imidazole rings is 1. The number of aromatic nitrogens is 2. The van der Waals surface area contributed by atoms with E-state index in [-0.39, 0.29) is 5.56 Å². The van der Waals surface area contributed by atoms with E-state index in [4.69, 9.17) is 4.74 Å². The van der Waals surface area contributed by atoms with E-state index in [9.17, 15) is 4.79 Å². The third-order valence-corrected chi connectivity index (χ3v) is 3.86. The number of hydrogen-bond donors (Lipinski definition) is 1. The van der Waals surface area contributed by atoms with Gasteiger partial charge in [0.15, 0.2) is 0 Å². The van der Waals surface area contributed by atoms with Crippen LogP contribution in [-0.4, -0.2) is 16.5 Å². The fourth-order valence-corrected chi connectivity index (χ4v) is 2.77. The number of nitrogens with zero attached hydrogens (tertiary/aromatic N) is 1. The van der Waals surface area contributed by atoms with Gasteiger partial charge in [-0.25, -0.2) is 0 Å². The van der Waals surface area contributed by atoms with Gasteiger partial charge in [-0.15, -0.1) is 0 Å². The highest BCUT2D eigenvalue weighted by atomic mass is 16.5. The van der Waals surface area contributed by atoms with Gasteiger partial charge in [-0.3, -0.25) is 9.20 Å². The van der Waals surface area contributed by atoms with Crippen molar-refractivity contribution in [2.45, 2.75) is 0 Å². The lowest BCUT2D eigenvalue weighted by molar-refractivity contribution is 0.415. The van der Waals surface area contributed by atoms with Gasteiger partial charge in [-0.05, 0) is 41.5 Å². The Morgan fingerprint density at radius 2 is 1.73 bits per heavy atom. The van der Waals surface area contributed by atoms with Gasteiger partial charge >= 0.3 is 0 Å². The number of nitrogens with one attached hydrogen (secondary N) is 1. The van der Waals surface area contributed by atoms with Crippen molar-refractivity contribution in [3.63, 3.8) is 0 Å². The summed E-state index contributed by atoms with van der Waals surface area (Å²) in [5.41, 5.74) is 4.47. The Kier molecular flexibility index (Phi) is 2.76. The Balaban J connectivity index is 1.96. The summed E-state index contributed by atoms with van der Waals surface area (Å²) in [7, 11) is 1.64. The number of pyridine rings is 1. The van der Waals surface area contributed by atoms with Crippen LogP contribution in [0.25, 0.3) is 27.8 Å². The number of para-hydroxylation sites is 2. The van der Waals surface area contributed by atoms with Gasteiger partial charge in [-0.2, -0.15) is 0 Å². The molecule has 0 atom stereocenters. The Labute approximate surface area is 126 Å². The Bertz CT molecular complexity index is 1030. The number of aromatic amines is 1. The highest BCUT2D eigenvalue weighted by molar-refractivity contribution is 5.82. The van der Waals surface area contributed by atoms with Gasteiger partial charge in [-0.1, -0.05) is 24.3 Å². The van der Waals surface area contributed by atoms with Crippen LogP contribution in [0.1, 0.15) is 0 Å². The van der Waals surface area contributed by atoms with Gasteiger partial charge in [0.1, 0.15) is 11.4 Å². The SMILES string of the molecule is COc1ccc(-c2cc(=O)n3c(c2)[nH]c2ccccc23)cc1. The van der Waals surface area contributed by atoms with Crippen molar-refractivity contribution in [3.05, 3.63) is 71.0 Å². The molecule has 0 spiro atoms. The molecule has 108 valence electrons. The largest absolute Gasteiger partial charge is 0.497 e. The first-order valence-electron chi connectivity index (χ1n) is 7.04. The topological polar surface area (TPSA) is 46.5 Å². The van der Waals surface area contributed by atoms with E-state index in [1.165, 1.54) is 0 Å². The number of benzene rings is 2. The maximum atomic E-state index is 12.5. The average molecular weight is 290 g/mol. The second kappa shape index (κ2) is 4.77. The lowest BCUT2D eigenvalue weighted by atomic mass is 10.1. The molecular weight excluding hydrogens is 276 g/mol. The van der Waals surface area contributed by atoms with Crippen molar-refractivity contribution >= 4 is 16.7 Å². The molecule has 0 fully saturated rings. The summed E-state index contributed by atoms with van der Waals surface area (Å²) >= 11 is 0. The van der Waals surface area contributed by atoms with Gasteiger partial charge in [0.2, 0.25) is 0 Å². The summed E-state index contributed by atoms with van der Waals surface area (Å²) in [5, 5.41) is 0. The third kappa shape index (κ3) is 1.89. The molecule has 4 heteroatoms. The highest BCUT2D eigenvalue weighted by Crippen LogP contribution is 2.23. The predicted molar refractivity (Wildman–Crippen MR) is 87.5 cm³/mol. The second-order valence-electron chi connectivity index (χ2n) is 5.17. The summed E-state index contributed by atoms with van der Waals surface area (Å²) in [4.78, 5) is 15.8. The number of ether oxygens (including phenoxy) is 1. The van der Waals surface area contributed by atoms with E-state index in [1.54, 1.807) is 17.6 Å². The van der Waals surface area contributed by atoms with Crippen molar-refractivity contribution in [2.24, 2.45) is 0 Å². The molecule has 4 nitrogen and oxygen atoms in total. The van der Waals surface area contributed by atoms with E-state index >= 15 is 0 Å². The molecular formula is C18H14N2O2. The zero-order valence-corrected chi connectivity index (χ0v) is 12.0. The van der Waals surface area contributed by atoms with Crippen LogP contribution in [0.2, 0.25) is 0 Å². The van der Waals surface area contributed by atoms with Crippen LogP contribution >= 0.6 is 0 Å². The quantitative estimate of drug-likeness (QED) is 0.614. The molecule has 4 aromatic rings. The van der Waals surface area contributed by atoms with Crippen LogP contribution in [0.5, 0.6) is 5.75 Å². The molecule has 0 aliphatic rings. The van der Waals surface area contributed by atoms with Crippen LogP contribution in [0.15, 0.2) is 65.5 Å². The van der Waals surface area contributed by atoms with E-state index in [1.807, 2.05) is 54.6 Å². The monoisotopic (exact) mass is 290 g/mol. The summed E-state index contributed by atoms with van der Waals surface area (Å²) in [6.45, 7) is 0. The third-order valence-electron chi connectivity index (χ3n) is 3.86. The van der Waals surface area contributed by atoms with Gasteiger partial charge in [0.05, 0.1) is 18.1 Å². The van der Waals surface area contributed by atoms with Crippen molar-refractivity contribution in [1.82, 2.24) is 9.38 Å². The Morgan fingerprint density at radius 1 is 0.955 bits per heavy atom. The van der Waals surface area contributed by atoms with Gasteiger partial charge in [0.25, 0.3) is 5.56 Å². The minimum Gasteiger partial charge on any atom is -0.497 e. The highest BCUT2D eigenvalue weighted by Gasteiger charge is 2.08. The number of fused-ring (bicyclic) bond motifs is 3. The number of methoxy groups -OCH3 is 1. The predicted octanol–water partition coefficient (Wildman–Crippen LogP) is 3.46. The molecule has 0 radical (unpaired) electrons. The molecule has 2 aromatic heterocycles. The molecule has 0 bridgehead atoms. The minimum absolute atomic E-state index is 0.0410. The number of H-pyrrole nitrogens is 1. The molecule has 1 N–H and O–H groups in total. The molecule has 0 aliphatic heterocycles. The first-order valence-corrected chi connectivity index (χ1v) is 7.04. The van der Waals surface area contributed by atoms with Gasteiger partial charge in [0, 0.05) is 6.07 Å². The number of hydrogen-bond acceptors (Lipinski definition) is 2. The first kappa shape index (κ1) is 12.7. The van der Waals surface area contributed by atoms with E-state index in [2.05, 4.69) is 4.98 Å². The molecule has 22 heavy (non-hydrogen) atoms. The maximum Gasteiger partial charge on any atom is 0.257 e. The second-order valence-corrected chi connectivity index (χ2v) is 5.17. The van der Waals surface area contributed by atoms with Crippen LogP contribution in [0.3, 0.4) is 0 Å². The molecule has 0 saturated heterocycles. The van der Waals surface area contributed by atoms with Crippen LogP contribution in [0, 0.1) is 0 Å². The van der Waals surface area contributed by atoms with Crippen molar-refractivity contribution in [1.29, 1.82) is 0 Å². The van der Waals surface area contributed by atoms with Gasteiger partial charge < -0.3 is 9.72 Å². The van der Waals surface area contributed by atoms with Crippen molar-refractivity contribution < 1.29 is 4.74 Å². The molecule has 0 unspecified atom stereocenters. The van der Waals surface area contributed by atoms with Crippen LogP contribution in [0.4, 0.5) is 0 Å². The fraction of sp³-hybridized carbons (Fsp3) is 0.0556. The standard InChI is InChI=1S/C18H14N2O2/c1-22-14-8-6-12(7-9-14)13-10-17-19-15-4-2-3-5-16(15)20(17)18(21)11-13/h2-11,19H,1H3. The fourth-order valence-electron chi connectivity index (χ4n) is 2.77. The first-order chi connectivity index (χ1) is 10.8. The zero-order valence-electron chi connectivity index (χ0n) is 12.0. The molecule has 0 aliphatic carbocycles. The average Bonchev–Trinajstić information content (AvgIpc) is 2.93. The smallest absolute Gasteiger partial charge is 0.257 e. The summed E-state index contributed by atoms with van der Waals surface area (Å²) in [6.07, 6.45) is 0. The summed E-state index contributed by atoms with van der Waals surface area (Å²) < 4.78 is 6.86. The maximum absolute atomic E-state index is 12.5. The Morgan fingerprint density at radius 3 is 2.50 bits per heavy atom. The zero-order chi connectivity index (χ0) is 15.1. The van der Waals surface area contributed by atoms with Crippen molar-refractivity contribution in [3.8, 4) is 16.9 Å². The van der Waals surface area contributed by atoms with Crippen molar-refractivity contribution in [2.75, 3.05) is 7.11 Å². The molecule has 4 rings (SSSR count). The molecule has 2 aromatic carbocycles. The molecule has 0 saturated carbocycles. The van der Waals surface area contributed by atoms with Crippen LogP contribution in [-0.2, 0) is 0 Å². The lowest BCUT2D eigenvalue weighted by Gasteiger charge is -2.04. The van der Waals surface area contributed by atoms with Crippen LogP contribution < -0.4 is 10.3 Å².